The highest BCUT2D eigenvalue weighted by atomic mass is 35.5. The van der Waals surface area contributed by atoms with Crippen LogP contribution >= 0.6 is 11.6 Å². The number of hydrogen-bond acceptors (Lipinski definition) is 3. The molecule has 1 aliphatic rings. The van der Waals surface area contributed by atoms with Crippen molar-refractivity contribution < 1.29 is 14.0 Å². The molecule has 1 saturated heterocycles. The van der Waals surface area contributed by atoms with Crippen LogP contribution in [0.4, 0.5) is 4.79 Å². The third kappa shape index (κ3) is 4.79. The van der Waals surface area contributed by atoms with E-state index >= 15 is 0 Å². The maximum atomic E-state index is 12.4. The molecule has 26 heavy (non-hydrogen) atoms. The van der Waals surface area contributed by atoms with Crippen LogP contribution < -0.4 is 5.32 Å². The monoisotopic (exact) mass is 375 g/mol. The van der Waals surface area contributed by atoms with E-state index in [1.807, 2.05) is 24.3 Å². The molecule has 0 atom stereocenters. The van der Waals surface area contributed by atoms with Crippen LogP contribution in [0.5, 0.6) is 0 Å². The van der Waals surface area contributed by atoms with Crippen LogP contribution in [-0.4, -0.2) is 54.5 Å². The van der Waals surface area contributed by atoms with Crippen LogP contribution in [0.1, 0.15) is 22.3 Å². The van der Waals surface area contributed by atoms with Gasteiger partial charge < -0.3 is 19.5 Å². The van der Waals surface area contributed by atoms with Gasteiger partial charge in [-0.25, -0.2) is 4.79 Å². The van der Waals surface area contributed by atoms with E-state index in [0.29, 0.717) is 43.3 Å². The van der Waals surface area contributed by atoms with Crippen molar-refractivity contribution in [3.63, 3.8) is 0 Å². The van der Waals surface area contributed by atoms with E-state index in [1.165, 1.54) is 12.5 Å². The van der Waals surface area contributed by atoms with E-state index < -0.39 is 0 Å². The fraction of sp³-hybridized carbons (Fsp3) is 0.368. The Morgan fingerprint density at radius 1 is 1.12 bits per heavy atom. The van der Waals surface area contributed by atoms with Gasteiger partial charge in [0.15, 0.2) is 0 Å². The Balaban J connectivity index is 1.46. The second-order valence-corrected chi connectivity index (χ2v) is 6.69. The summed E-state index contributed by atoms with van der Waals surface area (Å²) in [6.45, 7) is 2.86. The van der Waals surface area contributed by atoms with Crippen molar-refractivity contribution in [1.29, 1.82) is 0 Å². The Morgan fingerprint density at radius 3 is 2.69 bits per heavy atom. The smallest absolute Gasteiger partial charge is 0.317 e. The lowest BCUT2D eigenvalue weighted by Gasteiger charge is -2.22. The van der Waals surface area contributed by atoms with Crippen molar-refractivity contribution in [3.05, 3.63) is 59.0 Å². The largest absolute Gasteiger partial charge is 0.472 e. The summed E-state index contributed by atoms with van der Waals surface area (Å²) in [5, 5.41) is 3.64. The van der Waals surface area contributed by atoms with Crippen molar-refractivity contribution in [2.45, 2.75) is 12.8 Å². The summed E-state index contributed by atoms with van der Waals surface area (Å²) >= 11 is 5.97. The Labute approximate surface area is 157 Å². The summed E-state index contributed by atoms with van der Waals surface area (Å²) in [5.74, 6) is -0.0537. The lowest BCUT2D eigenvalue weighted by Crippen LogP contribution is -2.43. The third-order valence-electron chi connectivity index (χ3n) is 4.42. The zero-order chi connectivity index (χ0) is 18.4. The van der Waals surface area contributed by atoms with Crippen LogP contribution in [0.25, 0.3) is 0 Å². The summed E-state index contributed by atoms with van der Waals surface area (Å²) in [6.07, 6.45) is 4.43. The molecule has 0 aliphatic carbocycles. The second kappa shape index (κ2) is 8.76. The van der Waals surface area contributed by atoms with E-state index in [2.05, 4.69) is 5.32 Å². The summed E-state index contributed by atoms with van der Waals surface area (Å²) < 4.78 is 4.97. The molecule has 1 aromatic carbocycles. The number of urea groups is 1. The number of nitrogens with one attached hydrogen (secondary N) is 1. The van der Waals surface area contributed by atoms with Crippen LogP contribution in [0.2, 0.25) is 5.02 Å². The van der Waals surface area contributed by atoms with Crippen molar-refractivity contribution >= 4 is 23.5 Å². The summed E-state index contributed by atoms with van der Waals surface area (Å²) in [4.78, 5) is 28.3. The van der Waals surface area contributed by atoms with Crippen LogP contribution in [0.15, 0.2) is 47.3 Å². The third-order valence-corrected chi connectivity index (χ3v) is 4.65. The lowest BCUT2D eigenvalue weighted by atomic mass is 10.1. The molecular weight excluding hydrogens is 354 g/mol. The molecule has 7 heteroatoms. The standard InChI is InChI=1S/C19H22ClN3O3/c20-17-4-1-3-15(13-17)5-7-21-19(25)23-9-2-8-22(10-11-23)18(24)16-6-12-26-14-16/h1,3-4,6,12-14H,2,5,7-11H2,(H,21,25). The van der Waals surface area contributed by atoms with Crippen molar-refractivity contribution in [2.24, 2.45) is 0 Å². The Hall–Kier alpha value is -2.47. The number of carbonyl (C=O) groups is 2. The van der Waals surface area contributed by atoms with Gasteiger partial charge in [0.2, 0.25) is 0 Å². The molecular formula is C19H22ClN3O3. The number of carbonyl (C=O) groups excluding carboxylic acids is 2. The van der Waals surface area contributed by atoms with E-state index in [9.17, 15) is 9.59 Å². The Bertz CT molecular complexity index is 748. The highest BCUT2D eigenvalue weighted by Gasteiger charge is 2.23. The highest BCUT2D eigenvalue weighted by molar-refractivity contribution is 6.30. The van der Waals surface area contributed by atoms with E-state index in [0.717, 1.165) is 18.4 Å². The van der Waals surface area contributed by atoms with Crippen molar-refractivity contribution in [3.8, 4) is 0 Å². The van der Waals surface area contributed by atoms with Crippen LogP contribution in [-0.2, 0) is 6.42 Å². The number of furan rings is 1. The van der Waals surface area contributed by atoms with Gasteiger partial charge in [0.05, 0.1) is 11.8 Å². The van der Waals surface area contributed by atoms with Gasteiger partial charge >= 0.3 is 6.03 Å². The number of hydrogen-bond donors (Lipinski definition) is 1. The second-order valence-electron chi connectivity index (χ2n) is 6.26. The number of benzene rings is 1. The fourth-order valence-corrected chi connectivity index (χ4v) is 3.22. The molecule has 2 heterocycles. The number of nitrogens with zero attached hydrogens (tertiary/aromatic N) is 2. The average molecular weight is 376 g/mol. The first kappa shape index (κ1) is 18.3. The molecule has 0 bridgehead atoms. The first-order valence-electron chi connectivity index (χ1n) is 8.72. The van der Waals surface area contributed by atoms with Gasteiger partial charge in [0.25, 0.3) is 5.91 Å². The van der Waals surface area contributed by atoms with E-state index in [4.69, 9.17) is 16.0 Å². The molecule has 6 nitrogen and oxygen atoms in total. The zero-order valence-corrected chi connectivity index (χ0v) is 15.2. The molecule has 0 unspecified atom stereocenters. The minimum Gasteiger partial charge on any atom is -0.472 e. The molecule has 1 fully saturated rings. The quantitative estimate of drug-likeness (QED) is 0.893. The fourth-order valence-electron chi connectivity index (χ4n) is 3.01. The molecule has 138 valence electrons. The van der Waals surface area contributed by atoms with Crippen molar-refractivity contribution in [2.75, 3.05) is 32.7 Å². The van der Waals surface area contributed by atoms with Crippen molar-refractivity contribution in [1.82, 2.24) is 15.1 Å². The molecule has 2 aromatic rings. The normalized spacial score (nSPS) is 14.8. The Morgan fingerprint density at radius 2 is 1.92 bits per heavy atom. The minimum atomic E-state index is -0.0929. The summed E-state index contributed by atoms with van der Waals surface area (Å²) in [5.41, 5.74) is 1.63. The SMILES string of the molecule is O=C(NCCc1cccc(Cl)c1)N1CCCN(C(=O)c2ccoc2)CC1. The molecule has 1 aromatic heterocycles. The maximum Gasteiger partial charge on any atom is 0.317 e. The van der Waals surface area contributed by atoms with Gasteiger partial charge in [-0.15, -0.1) is 0 Å². The van der Waals surface area contributed by atoms with Gasteiger partial charge in [0.1, 0.15) is 6.26 Å². The average Bonchev–Trinajstić information content (AvgIpc) is 3.05. The van der Waals surface area contributed by atoms with Gasteiger partial charge in [-0.3, -0.25) is 4.79 Å². The van der Waals surface area contributed by atoms with Gasteiger partial charge in [-0.05, 0) is 36.6 Å². The molecule has 1 N–H and O–H groups in total. The van der Waals surface area contributed by atoms with Crippen LogP contribution in [0.3, 0.4) is 0 Å². The molecule has 1 aliphatic heterocycles. The topological polar surface area (TPSA) is 65.8 Å². The number of rotatable bonds is 4. The number of amides is 3. The highest BCUT2D eigenvalue weighted by Crippen LogP contribution is 2.12. The molecule has 0 spiro atoms. The van der Waals surface area contributed by atoms with Gasteiger partial charge in [-0.1, -0.05) is 23.7 Å². The lowest BCUT2D eigenvalue weighted by molar-refractivity contribution is 0.0761. The van der Waals surface area contributed by atoms with Gasteiger partial charge in [-0.2, -0.15) is 0 Å². The van der Waals surface area contributed by atoms with E-state index in [1.54, 1.807) is 15.9 Å². The summed E-state index contributed by atoms with van der Waals surface area (Å²) in [7, 11) is 0. The molecule has 3 amide bonds. The van der Waals surface area contributed by atoms with Gasteiger partial charge in [0, 0.05) is 37.7 Å². The predicted octanol–water partition coefficient (Wildman–Crippen LogP) is 3.03. The van der Waals surface area contributed by atoms with E-state index in [-0.39, 0.29) is 11.9 Å². The Kier molecular flexibility index (Phi) is 6.17. The summed E-state index contributed by atoms with van der Waals surface area (Å²) in [6, 6.07) is 9.19. The molecule has 3 rings (SSSR count). The first-order valence-corrected chi connectivity index (χ1v) is 9.10. The molecule has 0 saturated carbocycles. The minimum absolute atomic E-state index is 0.0537. The maximum absolute atomic E-state index is 12.4. The predicted molar refractivity (Wildman–Crippen MR) is 99.4 cm³/mol. The zero-order valence-electron chi connectivity index (χ0n) is 14.5. The first-order chi connectivity index (χ1) is 12.6. The number of halogens is 1. The van der Waals surface area contributed by atoms with Crippen LogP contribution in [0, 0.1) is 0 Å². The molecule has 0 radical (unpaired) electrons.